The molecule has 0 aliphatic carbocycles. The molecule has 0 aliphatic rings. The van der Waals surface area contributed by atoms with E-state index >= 15 is 0 Å². The predicted octanol–water partition coefficient (Wildman–Crippen LogP) is 7.22. The van der Waals surface area contributed by atoms with Crippen LogP contribution in [0, 0.1) is 0 Å². The van der Waals surface area contributed by atoms with Crippen molar-refractivity contribution in [1.29, 1.82) is 0 Å². The summed E-state index contributed by atoms with van der Waals surface area (Å²) in [6.45, 7) is 4.55. The van der Waals surface area contributed by atoms with Crippen LogP contribution in [0.1, 0.15) is 110 Å². The molecular formula is C19H39NS2. The van der Waals surface area contributed by atoms with Crippen LogP contribution in [0.15, 0.2) is 0 Å². The van der Waals surface area contributed by atoms with Gasteiger partial charge in [0.05, 0.1) is 0 Å². The Hall–Kier alpha value is 0.240. The number of hydrogen-bond acceptors (Lipinski definition) is 2. The van der Waals surface area contributed by atoms with Crippen molar-refractivity contribution < 1.29 is 0 Å². The van der Waals surface area contributed by atoms with E-state index in [1.54, 1.807) is 11.8 Å². The van der Waals surface area contributed by atoms with E-state index in [0.29, 0.717) is 9.57 Å². The molecule has 0 aromatic carbocycles. The van der Waals surface area contributed by atoms with Crippen molar-refractivity contribution in [3.05, 3.63) is 0 Å². The van der Waals surface area contributed by atoms with Crippen LogP contribution in [0.25, 0.3) is 0 Å². The summed E-state index contributed by atoms with van der Waals surface area (Å²) in [5, 5.41) is 0.666. The average Bonchev–Trinajstić information content (AvgIpc) is 2.49. The van der Waals surface area contributed by atoms with Crippen molar-refractivity contribution in [3.63, 3.8) is 0 Å². The summed E-state index contributed by atoms with van der Waals surface area (Å²) in [5.41, 5.74) is 5.73. The zero-order chi connectivity index (χ0) is 16.5. The van der Waals surface area contributed by atoms with E-state index in [1.165, 1.54) is 96.3 Å². The quantitative estimate of drug-likeness (QED) is 0.236. The van der Waals surface area contributed by atoms with E-state index in [-0.39, 0.29) is 0 Å². The van der Waals surface area contributed by atoms with Crippen molar-refractivity contribution in [2.75, 3.05) is 0 Å². The Morgan fingerprint density at radius 2 is 1.09 bits per heavy atom. The second-order valence-electron chi connectivity index (χ2n) is 6.53. The number of unbranched alkanes of at least 4 members (excludes halogenated alkanes) is 11. The standard InChI is InChI=1S/C19H39NS2/c1-3-5-7-9-10-11-12-13-15-17-18(22-19(20)21)16-14-8-6-4-2/h18H,3-17H2,1-2H3,(H2,20,21). The molecule has 22 heavy (non-hydrogen) atoms. The lowest BCUT2D eigenvalue weighted by molar-refractivity contribution is 0.538. The maximum Gasteiger partial charge on any atom is 0.131 e. The molecular weight excluding hydrogens is 306 g/mol. The van der Waals surface area contributed by atoms with Gasteiger partial charge in [-0.05, 0) is 12.8 Å². The van der Waals surface area contributed by atoms with E-state index < -0.39 is 0 Å². The van der Waals surface area contributed by atoms with Crippen molar-refractivity contribution in [2.45, 2.75) is 115 Å². The largest absolute Gasteiger partial charge is 0.385 e. The van der Waals surface area contributed by atoms with Gasteiger partial charge >= 0.3 is 0 Å². The Kier molecular flexibility index (Phi) is 17.8. The highest BCUT2D eigenvalue weighted by Gasteiger charge is 2.10. The van der Waals surface area contributed by atoms with Crippen LogP contribution < -0.4 is 5.73 Å². The van der Waals surface area contributed by atoms with Crippen LogP contribution in [-0.4, -0.2) is 9.57 Å². The third-order valence-corrected chi connectivity index (χ3v) is 5.62. The Bertz CT molecular complexity index is 244. The normalized spacial score (nSPS) is 12.5. The minimum absolute atomic E-state index is 0.636. The minimum atomic E-state index is 0.636. The minimum Gasteiger partial charge on any atom is -0.385 e. The lowest BCUT2D eigenvalue weighted by Crippen LogP contribution is -2.11. The molecule has 1 atom stereocenters. The summed E-state index contributed by atoms with van der Waals surface area (Å²) >= 11 is 6.83. The van der Waals surface area contributed by atoms with Gasteiger partial charge in [-0.3, -0.25) is 0 Å². The molecule has 1 unspecified atom stereocenters. The van der Waals surface area contributed by atoms with E-state index in [4.69, 9.17) is 18.0 Å². The Balaban J connectivity index is 3.55. The zero-order valence-corrected chi connectivity index (χ0v) is 16.7. The van der Waals surface area contributed by atoms with Gasteiger partial charge in [0.1, 0.15) is 4.32 Å². The first-order valence-electron chi connectivity index (χ1n) is 9.66. The van der Waals surface area contributed by atoms with Crippen molar-refractivity contribution >= 4 is 28.3 Å². The molecule has 0 bridgehead atoms. The molecule has 3 heteroatoms. The fourth-order valence-corrected chi connectivity index (χ4v) is 4.21. The summed E-state index contributed by atoms with van der Waals surface area (Å²) in [6.07, 6.45) is 20.6. The Morgan fingerprint density at radius 1 is 0.727 bits per heavy atom. The lowest BCUT2D eigenvalue weighted by Gasteiger charge is -2.15. The SMILES string of the molecule is CCCCCCCCCCCC(CCCCCC)SC(N)=S. The third-order valence-electron chi connectivity index (χ3n) is 4.29. The second kappa shape index (κ2) is 17.6. The highest BCUT2D eigenvalue weighted by molar-refractivity contribution is 8.23. The fourth-order valence-electron chi connectivity index (χ4n) is 2.91. The van der Waals surface area contributed by atoms with Gasteiger partial charge in [0, 0.05) is 5.25 Å². The molecule has 1 nitrogen and oxygen atoms in total. The first-order chi connectivity index (χ1) is 10.7. The fraction of sp³-hybridized carbons (Fsp3) is 0.947. The maximum absolute atomic E-state index is 5.73. The van der Waals surface area contributed by atoms with Gasteiger partial charge in [-0.25, -0.2) is 0 Å². The monoisotopic (exact) mass is 345 g/mol. The molecule has 0 heterocycles. The van der Waals surface area contributed by atoms with Crippen LogP contribution in [0.4, 0.5) is 0 Å². The first-order valence-corrected chi connectivity index (χ1v) is 11.0. The van der Waals surface area contributed by atoms with E-state index in [9.17, 15) is 0 Å². The number of nitrogens with two attached hydrogens (primary N) is 1. The molecule has 0 aromatic heterocycles. The van der Waals surface area contributed by atoms with Crippen molar-refractivity contribution in [2.24, 2.45) is 5.73 Å². The molecule has 0 fully saturated rings. The predicted molar refractivity (Wildman–Crippen MR) is 109 cm³/mol. The highest BCUT2D eigenvalue weighted by Crippen LogP contribution is 2.24. The molecule has 132 valence electrons. The Morgan fingerprint density at radius 3 is 1.50 bits per heavy atom. The molecule has 0 spiro atoms. The molecule has 2 N–H and O–H groups in total. The molecule has 0 aliphatic heterocycles. The molecule has 0 rings (SSSR count). The summed E-state index contributed by atoms with van der Waals surface area (Å²) in [7, 11) is 0. The van der Waals surface area contributed by atoms with Crippen molar-refractivity contribution in [1.82, 2.24) is 0 Å². The van der Waals surface area contributed by atoms with Gasteiger partial charge in [-0.15, -0.1) is 0 Å². The van der Waals surface area contributed by atoms with E-state index in [1.807, 2.05) is 0 Å². The van der Waals surface area contributed by atoms with Crippen LogP contribution in [-0.2, 0) is 0 Å². The Labute approximate surface area is 149 Å². The first kappa shape index (κ1) is 22.2. The van der Waals surface area contributed by atoms with E-state index in [2.05, 4.69) is 13.8 Å². The highest BCUT2D eigenvalue weighted by atomic mass is 32.2. The maximum atomic E-state index is 5.73. The van der Waals surface area contributed by atoms with Crippen LogP contribution >= 0.6 is 24.0 Å². The number of rotatable bonds is 16. The van der Waals surface area contributed by atoms with Crippen LogP contribution in [0.5, 0.6) is 0 Å². The van der Waals surface area contributed by atoms with Gasteiger partial charge in [-0.2, -0.15) is 0 Å². The number of thiocarbonyl (C=S) groups is 1. The number of hydrogen-bond donors (Lipinski definition) is 1. The summed E-state index contributed by atoms with van der Waals surface area (Å²) in [6, 6.07) is 0. The third kappa shape index (κ3) is 16.6. The van der Waals surface area contributed by atoms with Crippen LogP contribution in [0.3, 0.4) is 0 Å². The second-order valence-corrected chi connectivity index (χ2v) is 8.57. The van der Waals surface area contributed by atoms with Gasteiger partial charge in [0.2, 0.25) is 0 Å². The summed E-state index contributed by atoms with van der Waals surface area (Å²) in [4.78, 5) is 0. The smallest absolute Gasteiger partial charge is 0.131 e. The zero-order valence-electron chi connectivity index (χ0n) is 15.1. The topological polar surface area (TPSA) is 26.0 Å². The molecule has 0 saturated carbocycles. The van der Waals surface area contributed by atoms with Gasteiger partial charge in [0.15, 0.2) is 0 Å². The van der Waals surface area contributed by atoms with Gasteiger partial charge in [0.25, 0.3) is 0 Å². The molecule has 0 amide bonds. The summed E-state index contributed by atoms with van der Waals surface area (Å²) in [5.74, 6) is 0. The van der Waals surface area contributed by atoms with Crippen LogP contribution in [0.2, 0.25) is 0 Å². The van der Waals surface area contributed by atoms with E-state index in [0.717, 1.165) is 0 Å². The van der Waals surface area contributed by atoms with Gasteiger partial charge in [-0.1, -0.05) is 121 Å². The number of thioether (sulfide) groups is 1. The van der Waals surface area contributed by atoms with Crippen molar-refractivity contribution in [3.8, 4) is 0 Å². The lowest BCUT2D eigenvalue weighted by atomic mass is 10.0. The average molecular weight is 346 g/mol. The molecule has 0 radical (unpaired) electrons. The van der Waals surface area contributed by atoms with Gasteiger partial charge < -0.3 is 5.73 Å². The summed E-state index contributed by atoms with van der Waals surface area (Å²) < 4.78 is 0.636. The molecule has 0 aromatic rings. The molecule has 0 saturated heterocycles.